The Hall–Kier alpha value is -2.50. The molecule has 2 aliphatic rings. The van der Waals surface area contributed by atoms with E-state index in [-0.39, 0.29) is 11.7 Å². The van der Waals surface area contributed by atoms with Crippen LogP contribution in [-0.2, 0) is 24.2 Å². The molecule has 1 amide bonds. The van der Waals surface area contributed by atoms with Gasteiger partial charge in [-0.15, -0.1) is 0 Å². The average Bonchev–Trinajstić information content (AvgIpc) is 3.13. The van der Waals surface area contributed by atoms with Crippen LogP contribution in [0.15, 0.2) is 24.4 Å². The van der Waals surface area contributed by atoms with Crippen LogP contribution in [0.25, 0.3) is 0 Å². The predicted octanol–water partition coefficient (Wildman–Crippen LogP) is 2.88. The standard InChI is InChI=1S/C21H27N3O3/c1-27-19-11-15(7-8-18(19)25)12-20(26)23-9-4-5-16(14-23)21-22-13-17-6-2-3-10-24(17)21/h7-8,11,13,16,25H,2-6,9-10,12,14H2,1H3/t16-/m0/s1. The number of amides is 1. The number of imidazole rings is 1. The summed E-state index contributed by atoms with van der Waals surface area (Å²) in [6.45, 7) is 2.60. The molecule has 27 heavy (non-hydrogen) atoms. The number of piperidine rings is 1. The van der Waals surface area contributed by atoms with Crippen LogP contribution in [0, 0.1) is 0 Å². The summed E-state index contributed by atoms with van der Waals surface area (Å²) < 4.78 is 7.53. The summed E-state index contributed by atoms with van der Waals surface area (Å²) in [4.78, 5) is 19.5. The fourth-order valence-electron chi connectivity index (χ4n) is 4.32. The Bertz CT molecular complexity index is 830. The number of phenols is 1. The maximum Gasteiger partial charge on any atom is 0.227 e. The van der Waals surface area contributed by atoms with Crippen molar-refractivity contribution in [2.75, 3.05) is 20.2 Å². The Morgan fingerprint density at radius 1 is 1.30 bits per heavy atom. The van der Waals surface area contributed by atoms with Crippen LogP contribution in [0.3, 0.4) is 0 Å². The van der Waals surface area contributed by atoms with Crippen molar-refractivity contribution in [3.63, 3.8) is 0 Å². The minimum absolute atomic E-state index is 0.0933. The van der Waals surface area contributed by atoms with Crippen LogP contribution < -0.4 is 4.74 Å². The summed E-state index contributed by atoms with van der Waals surface area (Å²) in [5.74, 6) is 2.10. The lowest BCUT2D eigenvalue weighted by atomic mass is 9.96. The number of ether oxygens (including phenoxy) is 1. The number of fused-ring (bicyclic) bond motifs is 1. The van der Waals surface area contributed by atoms with Crippen molar-refractivity contribution in [2.45, 2.75) is 51.0 Å². The zero-order valence-electron chi connectivity index (χ0n) is 15.9. The van der Waals surface area contributed by atoms with Gasteiger partial charge in [0.2, 0.25) is 5.91 Å². The largest absolute Gasteiger partial charge is 0.504 e. The van der Waals surface area contributed by atoms with E-state index < -0.39 is 0 Å². The highest BCUT2D eigenvalue weighted by molar-refractivity contribution is 5.79. The van der Waals surface area contributed by atoms with E-state index >= 15 is 0 Å². The topological polar surface area (TPSA) is 67.6 Å². The van der Waals surface area contributed by atoms with E-state index in [0.717, 1.165) is 50.3 Å². The molecule has 1 N–H and O–H groups in total. The maximum atomic E-state index is 12.9. The van der Waals surface area contributed by atoms with Gasteiger partial charge >= 0.3 is 0 Å². The lowest BCUT2D eigenvalue weighted by Gasteiger charge is -2.33. The van der Waals surface area contributed by atoms with Crippen LogP contribution in [-0.4, -0.2) is 45.7 Å². The molecule has 6 nitrogen and oxygen atoms in total. The number of hydrogen-bond acceptors (Lipinski definition) is 4. The highest BCUT2D eigenvalue weighted by atomic mass is 16.5. The molecule has 2 aliphatic heterocycles. The van der Waals surface area contributed by atoms with Gasteiger partial charge in [-0.3, -0.25) is 4.79 Å². The van der Waals surface area contributed by atoms with Crippen molar-refractivity contribution in [3.8, 4) is 11.5 Å². The number of nitrogens with zero attached hydrogens (tertiary/aromatic N) is 3. The van der Waals surface area contributed by atoms with Crippen LogP contribution in [0.2, 0.25) is 0 Å². The van der Waals surface area contributed by atoms with E-state index in [9.17, 15) is 9.90 Å². The number of methoxy groups -OCH3 is 1. The SMILES string of the molecule is COc1cc(CC(=O)N2CCC[C@H](c3ncc4n3CCCC4)C2)ccc1O. The number of hydrogen-bond donors (Lipinski definition) is 1. The lowest BCUT2D eigenvalue weighted by Crippen LogP contribution is -2.40. The van der Waals surface area contributed by atoms with Gasteiger partial charge in [-0.2, -0.15) is 0 Å². The van der Waals surface area contributed by atoms with Gasteiger partial charge in [0.1, 0.15) is 5.82 Å². The first-order chi connectivity index (χ1) is 13.2. The molecule has 2 aromatic rings. The first-order valence-electron chi connectivity index (χ1n) is 9.83. The zero-order chi connectivity index (χ0) is 18.8. The minimum Gasteiger partial charge on any atom is -0.504 e. The van der Waals surface area contributed by atoms with Gasteiger partial charge < -0.3 is 19.3 Å². The van der Waals surface area contributed by atoms with Crippen LogP contribution >= 0.6 is 0 Å². The van der Waals surface area contributed by atoms with Crippen LogP contribution in [0.4, 0.5) is 0 Å². The summed E-state index contributed by atoms with van der Waals surface area (Å²) in [5.41, 5.74) is 2.20. The fraction of sp³-hybridized carbons (Fsp3) is 0.524. The first kappa shape index (κ1) is 17.9. The van der Waals surface area contributed by atoms with Gasteiger partial charge in [-0.1, -0.05) is 6.07 Å². The molecule has 6 heteroatoms. The van der Waals surface area contributed by atoms with E-state index in [1.165, 1.54) is 25.6 Å². The quantitative estimate of drug-likeness (QED) is 0.900. The average molecular weight is 369 g/mol. The van der Waals surface area contributed by atoms with E-state index in [2.05, 4.69) is 4.57 Å². The Labute approximate surface area is 159 Å². The van der Waals surface area contributed by atoms with Gasteiger partial charge in [0.15, 0.2) is 11.5 Å². The van der Waals surface area contributed by atoms with Crippen molar-refractivity contribution in [2.24, 2.45) is 0 Å². The van der Waals surface area contributed by atoms with E-state index in [1.54, 1.807) is 18.2 Å². The molecular weight excluding hydrogens is 342 g/mol. The first-order valence-corrected chi connectivity index (χ1v) is 9.83. The molecule has 1 atom stereocenters. The summed E-state index contributed by atoms with van der Waals surface area (Å²) in [5, 5.41) is 9.73. The smallest absolute Gasteiger partial charge is 0.227 e. The van der Waals surface area contributed by atoms with Crippen molar-refractivity contribution in [3.05, 3.63) is 41.5 Å². The molecule has 4 rings (SSSR count). The highest BCUT2D eigenvalue weighted by Crippen LogP contribution is 2.30. The Kier molecular flexibility index (Phi) is 5.05. The molecule has 144 valence electrons. The van der Waals surface area contributed by atoms with Crippen molar-refractivity contribution in [1.29, 1.82) is 0 Å². The molecule has 0 aliphatic carbocycles. The molecule has 1 saturated heterocycles. The molecule has 0 spiro atoms. The fourth-order valence-corrected chi connectivity index (χ4v) is 4.32. The number of aromatic hydroxyl groups is 1. The van der Waals surface area contributed by atoms with E-state index in [4.69, 9.17) is 9.72 Å². The number of rotatable bonds is 4. The van der Waals surface area contributed by atoms with Gasteiger partial charge in [-0.05, 0) is 49.8 Å². The third-order valence-corrected chi connectivity index (χ3v) is 5.77. The number of benzene rings is 1. The Morgan fingerprint density at radius 3 is 3.04 bits per heavy atom. The number of aromatic nitrogens is 2. The second-order valence-electron chi connectivity index (χ2n) is 7.58. The summed E-state index contributed by atoms with van der Waals surface area (Å²) in [7, 11) is 1.51. The van der Waals surface area contributed by atoms with Crippen LogP contribution in [0.1, 0.15) is 48.7 Å². The summed E-state index contributed by atoms with van der Waals surface area (Å²) in [6.07, 6.45) is 8.03. The molecular formula is C21H27N3O3. The second-order valence-corrected chi connectivity index (χ2v) is 7.58. The summed E-state index contributed by atoms with van der Waals surface area (Å²) >= 11 is 0. The monoisotopic (exact) mass is 369 g/mol. The molecule has 0 saturated carbocycles. The number of phenolic OH excluding ortho intramolecular Hbond substituents is 1. The van der Waals surface area contributed by atoms with E-state index in [1.807, 2.05) is 11.1 Å². The minimum atomic E-state index is 0.0933. The van der Waals surface area contributed by atoms with Gasteiger partial charge in [-0.25, -0.2) is 4.98 Å². The zero-order valence-corrected chi connectivity index (χ0v) is 15.9. The van der Waals surface area contributed by atoms with Crippen molar-refractivity contribution in [1.82, 2.24) is 14.5 Å². The van der Waals surface area contributed by atoms with Gasteiger partial charge in [0.05, 0.1) is 13.5 Å². The molecule has 1 fully saturated rings. The predicted molar refractivity (Wildman–Crippen MR) is 102 cm³/mol. The molecule has 0 radical (unpaired) electrons. The Balaban J connectivity index is 1.45. The Morgan fingerprint density at radius 2 is 2.19 bits per heavy atom. The lowest BCUT2D eigenvalue weighted by molar-refractivity contribution is -0.131. The number of carbonyl (C=O) groups excluding carboxylic acids is 1. The molecule has 1 aromatic carbocycles. The third-order valence-electron chi connectivity index (χ3n) is 5.77. The number of likely N-dealkylation sites (tertiary alicyclic amines) is 1. The highest BCUT2D eigenvalue weighted by Gasteiger charge is 2.29. The second kappa shape index (κ2) is 7.62. The van der Waals surface area contributed by atoms with Gasteiger partial charge in [0.25, 0.3) is 0 Å². The van der Waals surface area contributed by atoms with Crippen molar-refractivity contribution < 1.29 is 14.6 Å². The number of aryl methyl sites for hydroxylation is 1. The van der Waals surface area contributed by atoms with Gasteiger partial charge in [0, 0.05) is 37.4 Å². The molecule has 3 heterocycles. The van der Waals surface area contributed by atoms with E-state index in [0.29, 0.717) is 18.1 Å². The van der Waals surface area contributed by atoms with Crippen molar-refractivity contribution >= 4 is 5.91 Å². The molecule has 0 unspecified atom stereocenters. The maximum absolute atomic E-state index is 12.9. The molecule has 1 aromatic heterocycles. The third kappa shape index (κ3) is 3.66. The van der Waals surface area contributed by atoms with Crippen LogP contribution in [0.5, 0.6) is 11.5 Å². The normalized spacial score (nSPS) is 19.6. The number of carbonyl (C=O) groups is 1. The summed E-state index contributed by atoms with van der Waals surface area (Å²) in [6, 6.07) is 5.10. The molecule has 0 bridgehead atoms.